The van der Waals surface area contributed by atoms with Crippen LogP contribution < -0.4 is 4.98 Å². The first-order valence-corrected chi connectivity index (χ1v) is 8.84. The van der Waals surface area contributed by atoms with Gasteiger partial charge >= 0.3 is 0 Å². The number of rotatable bonds is 1. The Kier molecular flexibility index (Phi) is 3.12. The van der Waals surface area contributed by atoms with Gasteiger partial charge in [-0.15, -0.1) is 0 Å². The van der Waals surface area contributed by atoms with Crippen LogP contribution in [0.3, 0.4) is 0 Å². The highest BCUT2D eigenvalue weighted by Gasteiger charge is 2.16. The number of aromatic nitrogens is 1. The van der Waals surface area contributed by atoms with Gasteiger partial charge in [-0.2, -0.15) is 0 Å². The molecule has 0 saturated carbocycles. The van der Waals surface area contributed by atoms with Gasteiger partial charge in [0.05, 0.1) is 5.39 Å². The van der Waals surface area contributed by atoms with Crippen LogP contribution in [0.2, 0.25) is 0 Å². The van der Waals surface area contributed by atoms with Crippen LogP contribution in [-0.2, 0) is 12.8 Å². The first-order chi connectivity index (χ1) is 11.9. The Morgan fingerprint density at radius 2 is 1.54 bits per heavy atom. The fourth-order valence-electron chi connectivity index (χ4n) is 4.11. The number of hydrogen-bond acceptors (Lipinski definition) is 0. The fourth-order valence-corrected chi connectivity index (χ4v) is 4.11. The number of fused-ring (bicyclic) bond motifs is 4. The zero-order valence-corrected chi connectivity index (χ0v) is 13.7. The lowest BCUT2D eigenvalue weighted by molar-refractivity contribution is -0.362. The minimum Gasteiger partial charge on any atom is -0.211 e. The summed E-state index contributed by atoms with van der Waals surface area (Å²) in [5.41, 5.74) is 5.60. The molecule has 0 radical (unpaired) electrons. The van der Waals surface area contributed by atoms with Gasteiger partial charge in [-0.25, -0.2) is 4.98 Å². The van der Waals surface area contributed by atoms with Crippen LogP contribution in [0.15, 0.2) is 66.9 Å². The molecule has 0 aliphatic heterocycles. The molecule has 0 fully saturated rings. The van der Waals surface area contributed by atoms with E-state index in [1.165, 1.54) is 69.6 Å². The van der Waals surface area contributed by atoms with Crippen molar-refractivity contribution in [3.8, 4) is 11.3 Å². The Hall–Kier alpha value is -2.67. The molecule has 1 aliphatic carbocycles. The van der Waals surface area contributed by atoms with Crippen molar-refractivity contribution < 1.29 is 4.98 Å². The first-order valence-electron chi connectivity index (χ1n) is 8.84. The molecule has 0 atom stereocenters. The smallest absolute Gasteiger partial charge is 0.211 e. The van der Waals surface area contributed by atoms with Crippen LogP contribution >= 0.6 is 0 Å². The molecular weight excluding hydrogens is 290 g/mol. The van der Waals surface area contributed by atoms with E-state index in [9.17, 15) is 0 Å². The highest BCUT2D eigenvalue weighted by atomic mass is 14.7. The third-order valence-corrected chi connectivity index (χ3v) is 5.35. The summed E-state index contributed by atoms with van der Waals surface area (Å²) in [5.74, 6) is 0. The van der Waals surface area contributed by atoms with E-state index in [-0.39, 0.29) is 0 Å². The highest BCUT2D eigenvalue weighted by molar-refractivity contribution is 6.10. The van der Waals surface area contributed by atoms with Gasteiger partial charge in [-0.05, 0) is 65.8 Å². The number of H-pyrrole nitrogens is 1. The van der Waals surface area contributed by atoms with Crippen molar-refractivity contribution >= 4 is 21.5 Å². The van der Waals surface area contributed by atoms with Crippen molar-refractivity contribution in [2.24, 2.45) is 0 Å². The zero-order chi connectivity index (χ0) is 15.9. The summed E-state index contributed by atoms with van der Waals surface area (Å²) < 4.78 is 0. The van der Waals surface area contributed by atoms with E-state index in [2.05, 4.69) is 71.8 Å². The van der Waals surface area contributed by atoms with Crippen molar-refractivity contribution in [1.29, 1.82) is 0 Å². The van der Waals surface area contributed by atoms with Gasteiger partial charge in [-0.1, -0.05) is 36.4 Å². The van der Waals surface area contributed by atoms with E-state index in [0.717, 1.165) is 0 Å². The van der Waals surface area contributed by atoms with Crippen molar-refractivity contribution in [3.05, 3.63) is 78.0 Å². The minimum atomic E-state index is 1.22. The molecule has 24 heavy (non-hydrogen) atoms. The van der Waals surface area contributed by atoms with Gasteiger partial charge in [0.2, 0.25) is 5.69 Å². The molecule has 4 aromatic rings. The lowest BCUT2D eigenvalue weighted by Crippen LogP contribution is -2.08. The van der Waals surface area contributed by atoms with Crippen molar-refractivity contribution in [2.45, 2.75) is 25.7 Å². The van der Waals surface area contributed by atoms with E-state index in [1.807, 2.05) is 0 Å². The third kappa shape index (κ3) is 2.12. The second kappa shape index (κ2) is 5.45. The lowest BCUT2D eigenvalue weighted by Gasteiger charge is -2.16. The van der Waals surface area contributed by atoms with E-state index < -0.39 is 0 Å². The molecule has 0 spiro atoms. The van der Waals surface area contributed by atoms with E-state index in [1.54, 1.807) is 0 Å². The Balaban J connectivity index is 1.76. The van der Waals surface area contributed by atoms with Crippen LogP contribution in [0.5, 0.6) is 0 Å². The number of nitrogens with one attached hydrogen (secondary N) is 1. The molecule has 116 valence electrons. The summed E-state index contributed by atoms with van der Waals surface area (Å²) in [6, 6.07) is 22.3. The molecule has 1 heterocycles. The Bertz CT molecular complexity index is 1060. The summed E-state index contributed by atoms with van der Waals surface area (Å²) >= 11 is 0. The summed E-state index contributed by atoms with van der Waals surface area (Å²) in [7, 11) is 0. The molecule has 1 nitrogen and oxygen atoms in total. The average Bonchev–Trinajstić information content (AvgIpc) is 2.67. The van der Waals surface area contributed by atoms with Crippen LogP contribution in [0.4, 0.5) is 0 Å². The molecule has 0 unspecified atom stereocenters. The van der Waals surface area contributed by atoms with Crippen LogP contribution in [0, 0.1) is 0 Å². The molecule has 1 N–H and O–H groups in total. The minimum absolute atomic E-state index is 1.22. The maximum Gasteiger partial charge on any atom is 0.218 e. The monoisotopic (exact) mass is 310 g/mol. The van der Waals surface area contributed by atoms with E-state index >= 15 is 0 Å². The van der Waals surface area contributed by atoms with E-state index in [4.69, 9.17) is 0 Å². The maximum absolute atomic E-state index is 3.50. The first kappa shape index (κ1) is 13.7. The Labute approximate surface area is 142 Å². The Morgan fingerprint density at radius 1 is 0.667 bits per heavy atom. The molecule has 1 heteroatoms. The predicted molar refractivity (Wildman–Crippen MR) is 100 cm³/mol. The van der Waals surface area contributed by atoms with Crippen molar-refractivity contribution in [1.82, 2.24) is 0 Å². The standard InChI is InChI=1S/C23H19N/c1-2-7-18-15-19(10-9-16(18)5-1)23-22-12-11-17-6-3-4-8-20(17)21(22)13-14-24-23/h3-4,6,8-15H,1-2,5,7H2/p+1. The molecule has 3 aromatic carbocycles. The van der Waals surface area contributed by atoms with Gasteiger partial charge in [0.15, 0.2) is 6.20 Å². The molecule has 0 bridgehead atoms. The van der Waals surface area contributed by atoms with Crippen LogP contribution in [0.25, 0.3) is 32.8 Å². The van der Waals surface area contributed by atoms with Gasteiger partial charge in [-0.3, -0.25) is 0 Å². The van der Waals surface area contributed by atoms with Gasteiger partial charge in [0.1, 0.15) is 0 Å². The summed E-state index contributed by atoms with van der Waals surface area (Å²) in [6.07, 6.45) is 7.18. The Morgan fingerprint density at radius 3 is 2.50 bits per heavy atom. The predicted octanol–water partition coefficient (Wildman–Crippen LogP) is 5.35. The molecular formula is C23H20N+. The SMILES string of the molecule is c1ccc2c(c1)ccc1c(-c3ccc4c(c3)CCCC4)[nH+]ccc12. The van der Waals surface area contributed by atoms with Gasteiger partial charge in [0, 0.05) is 17.0 Å². The van der Waals surface area contributed by atoms with Gasteiger partial charge in [0.25, 0.3) is 0 Å². The van der Waals surface area contributed by atoms with Crippen LogP contribution in [0.1, 0.15) is 24.0 Å². The molecule has 5 rings (SSSR count). The lowest BCUT2D eigenvalue weighted by atomic mass is 9.89. The largest absolute Gasteiger partial charge is 0.218 e. The van der Waals surface area contributed by atoms with E-state index in [0.29, 0.717) is 0 Å². The summed E-state index contributed by atoms with van der Waals surface area (Å²) in [6.45, 7) is 0. The summed E-state index contributed by atoms with van der Waals surface area (Å²) in [5, 5.41) is 5.24. The van der Waals surface area contributed by atoms with Crippen molar-refractivity contribution in [3.63, 3.8) is 0 Å². The molecule has 0 saturated heterocycles. The quantitative estimate of drug-likeness (QED) is 0.421. The van der Waals surface area contributed by atoms with Crippen LogP contribution in [-0.4, -0.2) is 0 Å². The number of pyridine rings is 1. The second-order valence-corrected chi connectivity index (χ2v) is 6.79. The highest BCUT2D eigenvalue weighted by Crippen LogP contribution is 2.32. The second-order valence-electron chi connectivity index (χ2n) is 6.79. The topological polar surface area (TPSA) is 14.1 Å². The molecule has 1 aromatic heterocycles. The third-order valence-electron chi connectivity index (χ3n) is 5.35. The normalized spacial score (nSPS) is 14.0. The van der Waals surface area contributed by atoms with Gasteiger partial charge < -0.3 is 0 Å². The number of benzene rings is 3. The maximum atomic E-state index is 3.50. The summed E-state index contributed by atoms with van der Waals surface area (Å²) in [4.78, 5) is 3.50. The van der Waals surface area contributed by atoms with Crippen molar-refractivity contribution in [2.75, 3.05) is 0 Å². The zero-order valence-electron chi connectivity index (χ0n) is 13.7. The molecule has 0 amide bonds. The number of hydrogen-bond donors (Lipinski definition) is 0. The fraction of sp³-hybridized carbons (Fsp3) is 0.174. The average molecular weight is 310 g/mol. The number of aryl methyl sites for hydroxylation is 2. The molecule has 1 aliphatic rings. The number of aromatic amines is 1.